The molecule has 7 nitrogen and oxygen atoms in total. The molecular formula is C26H26N4O3S. The minimum Gasteiger partial charge on any atom is -0.348 e. The quantitative estimate of drug-likeness (QED) is 0.433. The summed E-state index contributed by atoms with van der Waals surface area (Å²) in [6.07, 6.45) is 3.28. The molecule has 0 bridgehead atoms. The Morgan fingerprint density at radius 1 is 1.09 bits per heavy atom. The van der Waals surface area contributed by atoms with E-state index in [4.69, 9.17) is 4.52 Å². The molecule has 8 heteroatoms. The Hall–Kier alpha value is -3.52. The first-order chi connectivity index (χ1) is 16.5. The van der Waals surface area contributed by atoms with Crippen molar-refractivity contribution in [3.8, 4) is 10.6 Å². The normalized spacial score (nSPS) is 13.9. The molecule has 0 aliphatic carbocycles. The molecule has 174 valence electrons. The monoisotopic (exact) mass is 474 g/mol. The second-order valence-corrected chi connectivity index (χ2v) is 9.94. The van der Waals surface area contributed by atoms with E-state index in [9.17, 15) is 9.59 Å². The fourth-order valence-corrected chi connectivity index (χ4v) is 5.17. The second kappa shape index (κ2) is 9.38. The first-order valence-electron chi connectivity index (χ1n) is 11.5. The summed E-state index contributed by atoms with van der Waals surface area (Å²) in [5, 5.41) is 7.63. The van der Waals surface area contributed by atoms with Crippen molar-refractivity contribution in [2.24, 2.45) is 0 Å². The topological polar surface area (TPSA) is 88.3 Å². The number of hydrogen-bond donors (Lipinski definition) is 1. The van der Waals surface area contributed by atoms with Gasteiger partial charge in [0, 0.05) is 30.1 Å². The number of nitrogens with zero attached hydrogens (tertiary/aromatic N) is 3. The number of rotatable bonds is 5. The molecule has 5 rings (SSSR count). The van der Waals surface area contributed by atoms with E-state index in [0.717, 1.165) is 41.2 Å². The third-order valence-electron chi connectivity index (χ3n) is 6.12. The molecule has 0 spiro atoms. The van der Waals surface area contributed by atoms with Crippen molar-refractivity contribution >= 4 is 34.3 Å². The summed E-state index contributed by atoms with van der Waals surface area (Å²) in [5.74, 6) is -0.180. The van der Waals surface area contributed by atoms with Gasteiger partial charge in [-0.2, -0.15) is 0 Å². The number of piperidine rings is 1. The van der Waals surface area contributed by atoms with Crippen molar-refractivity contribution in [2.75, 3.05) is 13.1 Å². The van der Waals surface area contributed by atoms with Crippen LogP contribution in [-0.4, -0.2) is 39.9 Å². The molecule has 0 saturated carbocycles. The number of carbonyl (C=O) groups is 2. The summed E-state index contributed by atoms with van der Waals surface area (Å²) in [5.41, 5.74) is 3.66. The van der Waals surface area contributed by atoms with E-state index < -0.39 is 0 Å². The van der Waals surface area contributed by atoms with Crippen LogP contribution in [0.3, 0.4) is 0 Å². The van der Waals surface area contributed by atoms with Crippen LogP contribution >= 0.6 is 11.3 Å². The van der Waals surface area contributed by atoms with Crippen molar-refractivity contribution in [2.45, 2.75) is 39.7 Å². The number of aryl methyl sites for hydroxylation is 2. The summed E-state index contributed by atoms with van der Waals surface area (Å²) in [7, 11) is 0. The van der Waals surface area contributed by atoms with E-state index in [1.54, 1.807) is 24.3 Å². The Morgan fingerprint density at radius 3 is 2.68 bits per heavy atom. The Bertz CT molecular complexity index is 1370. The van der Waals surface area contributed by atoms with Crippen LogP contribution in [0.5, 0.6) is 0 Å². The highest BCUT2D eigenvalue weighted by molar-refractivity contribution is 7.15. The van der Waals surface area contributed by atoms with Crippen LogP contribution in [-0.2, 0) is 6.54 Å². The lowest BCUT2D eigenvalue weighted by molar-refractivity contribution is 0.0724. The maximum Gasteiger partial charge on any atom is 0.259 e. The maximum atomic E-state index is 13.3. The largest absolute Gasteiger partial charge is 0.348 e. The second-order valence-electron chi connectivity index (χ2n) is 8.65. The third kappa shape index (κ3) is 4.46. The lowest BCUT2D eigenvalue weighted by atomic mass is 10.1. The summed E-state index contributed by atoms with van der Waals surface area (Å²) >= 11 is 1.61. The predicted molar refractivity (Wildman–Crippen MR) is 132 cm³/mol. The Balaban J connectivity index is 1.37. The van der Waals surface area contributed by atoms with Crippen LogP contribution in [0.25, 0.3) is 21.7 Å². The minimum atomic E-state index is -0.235. The number of pyridine rings is 1. The molecule has 1 saturated heterocycles. The molecule has 1 fully saturated rings. The number of carbonyl (C=O) groups excluding carboxylic acids is 2. The molecule has 0 unspecified atom stereocenters. The van der Waals surface area contributed by atoms with Crippen LogP contribution in [0.15, 0.2) is 47.0 Å². The van der Waals surface area contributed by atoms with Gasteiger partial charge in [-0.15, -0.1) is 11.3 Å². The smallest absolute Gasteiger partial charge is 0.259 e. The van der Waals surface area contributed by atoms with Gasteiger partial charge in [0.1, 0.15) is 0 Å². The van der Waals surface area contributed by atoms with Gasteiger partial charge >= 0.3 is 0 Å². The Morgan fingerprint density at radius 2 is 1.91 bits per heavy atom. The van der Waals surface area contributed by atoms with Gasteiger partial charge in [0.2, 0.25) is 0 Å². The summed E-state index contributed by atoms with van der Waals surface area (Å²) in [4.78, 5) is 34.7. The van der Waals surface area contributed by atoms with Crippen LogP contribution in [0, 0.1) is 13.8 Å². The van der Waals surface area contributed by atoms with E-state index in [1.807, 2.05) is 48.2 Å². The number of hydrogen-bond acceptors (Lipinski definition) is 6. The number of benzene rings is 1. The highest BCUT2D eigenvalue weighted by Gasteiger charge is 2.21. The fourth-order valence-electron chi connectivity index (χ4n) is 4.34. The number of nitrogens with one attached hydrogen (secondary N) is 1. The number of likely N-dealkylation sites (tertiary alicyclic amines) is 1. The van der Waals surface area contributed by atoms with Crippen LogP contribution in [0.4, 0.5) is 0 Å². The molecule has 0 radical (unpaired) electrons. The lowest BCUT2D eigenvalue weighted by Crippen LogP contribution is -2.35. The van der Waals surface area contributed by atoms with Crippen molar-refractivity contribution in [1.82, 2.24) is 20.4 Å². The maximum absolute atomic E-state index is 13.3. The van der Waals surface area contributed by atoms with Gasteiger partial charge in [0.05, 0.1) is 27.2 Å². The van der Waals surface area contributed by atoms with Crippen LogP contribution in [0.1, 0.15) is 56.1 Å². The van der Waals surface area contributed by atoms with Crippen LogP contribution in [0.2, 0.25) is 0 Å². The van der Waals surface area contributed by atoms with E-state index in [0.29, 0.717) is 40.2 Å². The first-order valence-corrected chi connectivity index (χ1v) is 12.3. The van der Waals surface area contributed by atoms with E-state index in [1.165, 1.54) is 6.42 Å². The molecule has 1 aromatic carbocycles. The first kappa shape index (κ1) is 22.3. The van der Waals surface area contributed by atoms with Crippen molar-refractivity contribution in [3.05, 3.63) is 69.7 Å². The highest BCUT2D eigenvalue weighted by Crippen LogP contribution is 2.31. The highest BCUT2D eigenvalue weighted by atomic mass is 32.1. The molecule has 4 aromatic rings. The van der Waals surface area contributed by atoms with Gasteiger partial charge in [-0.3, -0.25) is 9.59 Å². The average Bonchev–Trinajstić information content (AvgIpc) is 3.47. The van der Waals surface area contributed by atoms with Crippen molar-refractivity contribution in [1.29, 1.82) is 0 Å². The zero-order valence-corrected chi connectivity index (χ0v) is 20.1. The molecule has 1 aliphatic rings. The van der Waals surface area contributed by atoms with Crippen LogP contribution < -0.4 is 5.32 Å². The molecule has 4 heterocycles. The molecule has 1 aliphatic heterocycles. The number of amides is 2. The van der Waals surface area contributed by atoms with E-state index in [-0.39, 0.29) is 11.8 Å². The van der Waals surface area contributed by atoms with Gasteiger partial charge in [-0.05, 0) is 69.0 Å². The van der Waals surface area contributed by atoms with E-state index >= 15 is 0 Å². The van der Waals surface area contributed by atoms with Gasteiger partial charge in [-0.1, -0.05) is 17.3 Å². The molecular weight excluding hydrogens is 448 g/mol. The Kier molecular flexibility index (Phi) is 6.15. The standard InChI is InChI=1S/C26H26N4O3S/c1-16-9-10-22(34-16)21-14-20(23-17(2)29-33-25(23)28-21)24(31)27-15-18-7-6-8-19(13-18)26(32)30-11-4-3-5-12-30/h6-10,13-14H,3-5,11-12,15H2,1-2H3,(H,27,31). The third-order valence-corrected chi connectivity index (χ3v) is 7.15. The zero-order valence-electron chi connectivity index (χ0n) is 19.3. The SMILES string of the molecule is Cc1ccc(-c2cc(C(=O)NCc3cccc(C(=O)N4CCCCC4)c3)c3c(C)noc3n2)s1. The molecule has 2 amide bonds. The molecule has 0 atom stereocenters. The minimum absolute atomic E-state index is 0.0553. The van der Waals surface area contributed by atoms with Gasteiger partial charge in [0.25, 0.3) is 17.5 Å². The average molecular weight is 475 g/mol. The van der Waals surface area contributed by atoms with Gasteiger partial charge < -0.3 is 14.7 Å². The number of fused-ring (bicyclic) bond motifs is 1. The lowest BCUT2D eigenvalue weighted by Gasteiger charge is -2.26. The molecule has 34 heavy (non-hydrogen) atoms. The summed E-state index contributed by atoms with van der Waals surface area (Å²) in [6.45, 7) is 5.75. The Labute approximate surface area is 201 Å². The number of aromatic nitrogens is 2. The molecule has 3 aromatic heterocycles. The van der Waals surface area contributed by atoms with Crippen molar-refractivity contribution < 1.29 is 14.1 Å². The van der Waals surface area contributed by atoms with E-state index in [2.05, 4.69) is 15.5 Å². The van der Waals surface area contributed by atoms with Crippen molar-refractivity contribution in [3.63, 3.8) is 0 Å². The zero-order chi connectivity index (χ0) is 23.7. The van der Waals surface area contributed by atoms with Gasteiger partial charge in [0.15, 0.2) is 0 Å². The molecule has 1 N–H and O–H groups in total. The fraction of sp³-hybridized carbons (Fsp3) is 0.308. The van der Waals surface area contributed by atoms with Gasteiger partial charge in [-0.25, -0.2) is 4.98 Å². The summed E-state index contributed by atoms with van der Waals surface area (Å²) in [6, 6.07) is 13.3. The summed E-state index contributed by atoms with van der Waals surface area (Å²) < 4.78 is 5.39. The predicted octanol–water partition coefficient (Wildman–Crippen LogP) is 5.12. The number of thiophene rings is 1.